The highest BCUT2D eigenvalue weighted by Gasteiger charge is 2.41. The van der Waals surface area contributed by atoms with Crippen molar-refractivity contribution in [1.29, 1.82) is 0 Å². The molecule has 2 fully saturated rings. The first-order valence-corrected chi connectivity index (χ1v) is 9.16. The van der Waals surface area contributed by atoms with Gasteiger partial charge in [-0.15, -0.1) is 0 Å². The van der Waals surface area contributed by atoms with Crippen LogP contribution in [0.1, 0.15) is 20.8 Å². The minimum absolute atomic E-state index is 0.0363. The summed E-state index contributed by atoms with van der Waals surface area (Å²) in [6.07, 6.45) is 5.03. The molecule has 0 aromatic heterocycles. The van der Waals surface area contributed by atoms with Crippen LogP contribution in [-0.4, -0.2) is 58.8 Å². The Hall–Kier alpha value is -1.13. The van der Waals surface area contributed by atoms with Crippen molar-refractivity contribution in [3.8, 4) is 0 Å². The van der Waals surface area contributed by atoms with Gasteiger partial charge in [-0.1, -0.05) is 12.2 Å². The van der Waals surface area contributed by atoms with Crippen LogP contribution in [-0.2, 0) is 9.53 Å². The van der Waals surface area contributed by atoms with Crippen molar-refractivity contribution in [3.05, 3.63) is 23.9 Å². The van der Waals surface area contributed by atoms with Crippen molar-refractivity contribution < 1.29 is 14.3 Å². The molecule has 1 unspecified atom stereocenters. The summed E-state index contributed by atoms with van der Waals surface area (Å²) in [5.41, 5.74) is 0.705. The maximum Gasteiger partial charge on any atom is 0.409 e. The van der Waals surface area contributed by atoms with Crippen LogP contribution in [0.2, 0.25) is 0 Å². The molecule has 0 aromatic carbocycles. The number of carbonyl (C=O) groups is 2. The Kier molecular flexibility index (Phi) is 6.64. The van der Waals surface area contributed by atoms with Crippen LogP contribution in [0.25, 0.3) is 0 Å². The lowest BCUT2D eigenvalue weighted by Crippen LogP contribution is -2.51. The number of nitrogens with one attached hydrogen (secondary N) is 3. The van der Waals surface area contributed by atoms with Gasteiger partial charge in [0.05, 0.1) is 12.6 Å². The number of hydrogen-bond donors (Lipinski definition) is 3. The van der Waals surface area contributed by atoms with Gasteiger partial charge in [-0.2, -0.15) is 0 Å². The number of cyclic esters (lactones) is 1. The molecule has 0 saturated carbocycles. The van der Waals surface area contributed by atoms with E-state index in [1.807, 2.05) is 26.0 Å². The van der Waals surface area contributed by atoms with Crippen molar-refractivity contribution in [1.82, 2.24) is 20.9 Å². The van der Waals surface area contributed by atoms with Gasteiger partial charge in [-0.3, -0.25) is 9.69 Å². The van der Waals surface area contributed by atoms with E-state index in [-0.39, 0.29) is 11.9 Å². The fourth-order valence-electron chi connectivity index (χ4n) is 2.72. The Labute approximate surface area is 156 Å². The topological polar surface area (TPSA) is 82.7 Å². The normalized spacial score (nSPS) is 31.8. The van der Waals surface area contributed by atoms with E-state index < -0.39 is 9.70 Å². The number of carbonyl (C=O) groups excluding carboxylic acids is 2. The fraction of sp³-hybridized carbons (Fsp3) is 0.625. The zero-order chi connectivity index (χ0) is 17.7. The first-order chi connectivity index (χ1) is 11.3. The zero-order valence-corrected chi connectivity index (χ0v) is 16.4. The standard InChI is InChI=1S/C16H25IN4O3/c1-4-12(5-6-13-16(3,17)24-15(23)20-13)19-14(22)10-21-8-7-18-11(2)9-21/h4-6,11,13,18H,7-10H2,1-3H3,(H,19,22)(H,20,23)/b6-5-,12-4+/t11-,13?,16-/m1/s1. The molecule has 0 spiro atoms. The summed E-state index contributed by atoms with van der Waals surface area (Å²) in [4.78, 5) is 25.7. The number of alkyl carbamates (subject to hydrolysis) is 1. The van der Waals surface area contributed by atoms with E-state index >= 15 is 0 Å². The monoisotopic (exact) mass is 448 g/mol. The number of rotatable bonds is 5. The molecule has 2 saturated heterocycles. The highest BCUT2D eigenvalue weighted by molar-refractivity contribution is 14.1. The third-order valence-electron chi connectivity index (χ3n) is 4.00. The third-order valence-corrected chi connectivity index (χ3v) is 4.90. The Morgan fingerprint density at radius 3 is 2.92 bits per heavy atom. The largest absolute Gasteiger partial charge is 0.430 e. The van der Waals surface area contributed by atoms with Gasteiger partial charge in [0.1, 0.15) is 0 Å². The van der Waals surface area contributed by atoms with Crippen molar-refractivity contribution >= 4 is 34.6 Å². The molecule has 0 aliphatic carbocycles. The van der Waals surface area contributed by atoms with Gasteiger partial charge in [-0.25, -0.2) is 4.79 Å². The number of piperazine rings is 1. The minimum Gasteiger partial charge on any atom is -0.430 e. The lowest BCUT2D eigenvalue weighted by molar-refractivity contribution is -0.121. The van der Waals surface area contributed by atoms with Crippen LogP contribution in [0.5, 0.6) is 0 Å². The van der Waals surface area contributed by atoms with Crippen LogP contribution in [0.15, 0.2) is 23.9 Å². The van der Waals surface area contributed by atoms with E-state index in [0.29, 0.717) is 18.3 Å². The molecule has 2 heterocycles. The van der Waals surface area contributed by atoms with Gasteiger partial charge in [-0.05, 0) is 49.4 Å². The van der Waals surface area contributed by atoms with Crippen molar-refractivity contribution in [2.24, 2.45) is 0 Å². The van der Waals surface area contributed by atoms with Gasteiger partial charge >= 0.3 is 6.09 Å². The molecule has 2 aliphatic rings. The number of halogens is 1. The molecule has 3 atom stereocenters. The van der Waals surface area contributed by atoms with E-state index in [1.165, 1.54) is 0 Å². The van der Waals surface area contributed by atoms with Crippen molar-refractivity contribution in [2.75, 3.05) is 26.2 Å². The quantitative estimate of drug-likeness (QED) is 0.334. The third kappa shape index (κ3) is 5.45. The number of hydrogen-bond acceptors (Lipinski definition) is 5. The van der Waals surface area contributed by atoms with Crippen LogP contribution < -0.4 is 16.0 Å². The van der Waals surface area contributed by atoms with Crippen LogP contribution >= 0.6 is 22.6 Å². The highest BCUT2D eigenvalue weighted by atomic mass is 127. The molecule has 3 N–H and O–H groups in total. The SMILES string of the molecule is C/C=C(\C=C/C1NC(=O)O[C@@]1(C)I)NC(=O)CN1CCN[C@H](C)C1. The summed E-state index contributed by atoms with van der Waals surface area (Å²) in [7, 11) is 0. The number of amides is 2. The average Bonchev–Trinajstić information content (AvgIpc) is 2.75. The first kappa shape index (κ1) is 19.2. The van der Waals surface area contributed by atoms with Gasteiger partial charge in [0, 0.05) is 31.4 Å². The molecule has 8 heteroatoms. The van der Waals surface area contributed by atoms with Gasteiger partial charge < -0.3 is 20.7 Å². The summed E-state index contributed by atoms with van der Waals surface area (Å²) in [6.45, 7) is 8.83. The van der Waals surface area contributed by atoms with Gasteiger partial charge in [0.15, 0.2) is 3.61 Å². The molecule has 0 bridgehead atoms. The second kappa shape index (κ2) is 8.30. The summed E-state index contributed by atoms with van der Waals surface area (Å²) >= 11 is 2.09. The number of allylic oxidation sites excluding steroid dienone is 2. The number of ether oxygens (including phenoxy) is 1. The second-order valence-electron chi connectivity index (χ2n) is 6.24. The van der Waals surface area contributed by atoms with Gasteiger partial charge in [0.25, 0.3) is 0 Å². The molecule has 7 nitrogen and oxygen atoms in total. The van der Waals surface area contributed by atoms with Gasteiger partial charge in [0.2, 0.25) is 5.91 Å². The minimum atomic E-state index is -0.634. The van der Waals surface area contributed by atoms with Crippen molar-refractivity contribution in [3.63, 3.8) is 0 Å². The fourth-order valence-corrected chi connectivity index (χ4v) is 3.28. The summed E-state index contributed by atoms with van der Waals surface area (Å²) in [5, 5.41) is 9.00. The number of alkyl halides is 1. The molecule has 24 heavy (non-hydrogen) atoms. The molecule has 2 rings (SSSR count). The van der Waals surface area contributed by atoms with E-state index in [9.17, 15) is 9.59 Å². The molecular formula is C16H25IN4O3. The molecule has 2 amide bonds. The lowest BCUT2D eigenvalue weighted by Gasteiger charge is -2.31. The summed E-state index contributed by atoms with van der Waals surface area (Å²) < 4.78 is 4.55. The zero-order valence-electron chi connectivity index (χ0n) is 14.3. The predicted molar refractivity (Wildman–Crippen MR) is 101 cm³/mol. The average molecular weight is 448 g/mol. The smallest absolute Gasteiger partial charge is 0.409 e. The Bertz CT molecular complexity index is 547. The molecular weight excluding hydrogens is 423 g/mol. The number of nitrogens with zero attached hydrogens (tertiary/aromatic N) is 1. The first-order valence-electron chi connectivity index (χ1n) is 8.08. The lowest BCUT2D eigenvalue weighted by atomic mass is 10.1. The molecule has 134 valence electrons. The summed E-state index contributed by atoms with van der Waals surface area (Å²) in [6, 6.07) is 0.159. The Balaban J connectivity index is 1.86. The Morgan fingerprint density at radius 1 is 1.58 bits per heavy atom. The van der Waals surface area contributed by atoms with E-state index in [0.717, 1.165) is 19.6 Å². The Morgan fingerprint density at radius 2 is 2.33 bits per heavy atom. The summed E-state index contributed by atoms with van der Waals surface area (Å²) in [5.74, 6) is -0.0363. The second-order valence-corrected chi connectivity index (χ2v) is 8.38. The van der Waals surface area contributed by atoms with Crippen molar-refractivity contribution in [2.45, 2.75) is 36.5 Å². The van der Waals surface area contributed by atoms with Crippen LogP contribution in [0.3, 0.4) is 0 Å². The highest BCUT2D eigenvalue weighted by Crippen LogP contribution is 2.30. The molecule has 0 aromatic rings. The predicted octanol–water partition coefficient (Wildman–Crippen LogP) is 1.12. The van der Waals surface area contributed by atoms with E-state index in [4.69, 9.17) is 4.74 Å². The van der Waals surface area contributed by atoms with Crippen LogP contribution in [0.4, 0.5) is 4.79 Å². The van der Waals surface area contributed by atoms with E-state index in [2.05, 4.69) is 50.4 Å². The molecule has 0 radical (unpaired) electrons. The van der Waals surface area contributed by atoms with E-state index in [1.54, 1.807) is 6.08 Å². The molecule has 2 aliphatic heterocycles. The van der Waals surface area contributed by atoms with Crippen LogP contribution in [0, 0.1) is 0 Å². The maximum atomic E-state index is 12.2. The maximum absolute atomic E-state index is 12.2.